The maximum Gasteiger partial charge on any atom is 0.358 e. The zero-order valence-corrected chi connectivity index (χ0v) is 17.1. The van der Waals surface area contributed by atoms with Gasteiger partial charge in [0.25, 0.3) is 5.91 Å². The fraction of sp³-hybridized carbons (Fsp3) is 0.227. The highest BCUT2D eigenvalue weighted by Crippen LogP contribution is 2.38. The molecule has 1 atom stereocenters. The van der Waals surface area contributed by atoms with Crippen LogP contribution in [0, 0.1) is 0 Å². The van der Waals surface area contributed by atoms with Gasteiger partial charge < -0.3 is 9.64 Å². The summed E-state index contributed by atoms with van der Waals surface area (Å²) in [7, 11) is 1.30. The molecule has 0 bridgehead atoms. The van der Waals surface area contributed by atoms with Crippen molar-refractivity contribution in [2.24, 2.45) is 0 Å². The Morgan fingerprint density at radius 2 is 1.83 bits per heavy atom. The molecule has 0 N–H and O–H groups in total. The molecular formula is C22H21N3O3S. The Labute approximate surface area is 173 Å². The zero-order chi connectivity index (χ0) is 20.4. The molecule has 1 amide bonds. The number of carbonyl (C=O) groups is 2. The number of para-hydroxylation sites is 2. The number of thioether (sulfide) groups is 1. The topological polar surface area (TPSA) is 64.4 Å². The maximum atomic E-state index is 13.6. The van der Waals surface area contributed by atoms with Crippen LogP contribution in [0.5, 0.6) is 0 Å². The number of methoxy groups -OCH3 is 1. The number of hydrogen-bond acceptors (Lipinski definition) is 5. The minimum absolute atomic E-state index is 0.102. The van der Waals surface area contributed by atoms with E-state index < -0.39 is 5.97 Å². The summed E-state index contributed by atoms with van der Waals surface area (Å²) in [4.78, 5) is 28.6. The van der Waals surface area contributed by atoms with E-state index in [-0.39, 0.29) is 11.6 Å². The lowest BCUT2D eigenvalue weighted by Gasteiger charge is -2.22. The van der Waals surface area contributed by atoms with E-state index in [0.717, 1.165) is 17.0 Å². The number of fused-ring (bicyclic) bond motifs is 1. The van der Waals surface area contributed by atoms with Gasteiger partial charge in [-0.2, -0.15) is 5.10 Å². The van der Waals surface area contributed by atoms with E-state index in [2.05, 4.69) is 12.0 Å². The van der Waals surface area contributed by atoms with Gasteiger partial charge in [-0.15, -0.1) is 11.8 Å². The Balaban J connectivity index is 1.81. The van der Waals surface area contributed by atoms with Crippen LogP contribution in [0.15, 0.2) is 65.6 Å². The summed E-state index contributed by atoms with van der Waals surface area (Å²) < 4.78 is 6.33. The zero-order valence-electron chi connectivity index (χ0n) is 16.2. The first-order valence-corrected chi connectivity index (χ1v) is 10.3. The molecule has 6 nitrogen and oxygen atoms in total. The average Bonchev–Trinajstić information content (AvgIpc) is 3.12. The molecular weight excluding hydrogens is 386 g/mol. The van der Waals surface area contributed by atoms with Gasteiger partial charge in [-0.1, -0.05) is 37.3 Å². The van der Waals surface area contributed by atoms with Crippen LogP contribution in [0.1, 0.15) is 34.3 Å². The Morgan fingerprint density at radius 1 is 1.10 bits per heavy atom. The predicted molar refractivity (Wildman–Crippen MR) is 113 cm³/mol. The first kappa shape index (κ1) is 19.3. The molecule has 2 heterocycles. The van der Waals surface area contributed by atoms with E-state index in [4.69, 9.17) is 4.74 Å². The van der Waals surface area contributed by atoms with Crippen LogP contribution in [0.2, 0.25) is 0 Å². The smallest absolute Gasteiger partial charge is 0.358 e. The SMILES string of the molecule is COC(=O)c1cc(C(=O)N2CCC(C)Sc3ccccc32)n(-c2ccccc2)n1. The van der Waals surface area contributed by atoms with Crippen molar-refractivity contribution in [1.29, 1.82) is 0 Å². The van der Waals surface area contributed by atoms with Crippen LogP contribution in [-0.2, 0) is 4.74 Å². The summed E-state index contributed by atoms with van der Waals surface area (Å²) in [5, 5.41) is 4.75. The van der Waals surface area contributed by atoms with Crippen molar-refractivity contribution >= 4 is 29.3 Å². The summed E-state index contributed by atoms with van der Waals surface area (Å²) in [5.74, 6) is -0.771. The molecule has 29 heavy (non-hydrogen) atoms. The van der Waals surface area contributed by atoms with E-state index in [1.165, 1.54) is 17.9 Å². The van der Waals surface area contributed by atoms with E-state index >= 15 is 0 Å². The lowest BCUT2D eigenvalue weighted by Crippen LogP contribution is -2.33. The van der Waals surface area contributed by atoms with Gasteiger partial charge >= 0.3 is 5.97 Å². The third kappa shape index (κ3) is 3.78. The Kier molecular flexibility index (Phi) is 5.40. The quantitative estimate of drug-likeness (QED) is 0.609. The molecule has 0 saturated carbocycles. The highest BCUT2D eigenvalue weighted by Gasteiger charge is 2.29. The molecule has 0 fully saturated rings. The minimum Gasteiger partial charge on any atom is -0.464 e. The van der Waals surface area contributed by atoms with Crippen molar-refractivity contribution in [3.05, 3.63) is 72.1 Å². The van der Waals surface area contributed by atoms with Crippen molar-refractivity contribution in [2.45, 2.75) is 23.5 Å². The fourth-order valence-corrected chi connectivity index (χ4v) is 4.45. The van der Waals surface area contributed by atoms with Gasteiger partial charge in [0.05, 0.1) is 18.5 Å². The molecule has 0 spiro atoms. The highest BCUT2D eigenvalue weighted by molar-refractivity contribution is 8.00. The van der Waals surface area contributed by atoms with Crippen LogP contribution in [0.4, 0.5) is 5.69 Å². The van der Waals surface area contributed by atoms with Gasteiger partial charge in [-0.3, -0.25) is 4.79 Å². The number of amides is 1. The van der Waals surface area contributed by atoms with Crippen molar-refractivity contribution in [3.8, 4) is 5.69 Å². The Bertz CT molecular complexity index is 1050. The monoisotopic (exact) mass is 407 g/mol. The number of carbonyl (C=O) groups excluding carboxylic acids is 2. The summed E-state index contributed by atoms with van der Waals surface area (Å²) in [6.45, 7) is 2.76. The minimum atomic E-state index is -0.575. The van der Waals surface area contributed by atoms with Crippen molar-refractivity contribution < 1.29 is 14.3 Å². The second-order valence-corrected chi connectivity index (χ2v) is 8.28. The summed E-state index contributed by atoms with van der Waals surface area (Å²) in [6.07, 6.45) is 0.869. The number of nitrogens with zero attached hydrogens (tertiary/aromatic N) is 3. The fourth-order valence-electron chi connectivity index (χ4n) is 3.34. The van der Waals surface area contributed by atoms with Gasteiger partial charge in [-0.25, -0.2) is 9.48 Å². The summed E-state index contributed by atoms with van der Waals surface area (Å²) in [5.41, 5.74) is 2.01. The molecule has 148 valence electrons. The number of rotatable bonds is 3. The van der Waals surface area contributed by atoms with Crippen LogP contribution in [-0.4, -0.2) is 40.6 Å². The molecule has 0 radical (unpaired) electrons. The van der Waals surface area contributed by atoms with Gasteiger partial charge in [0.1, 0.15) is 5.69 Å². The third-order valence-corrected chi connectivity index (χ3v) is 6.05. The maximum absolute atomic E-state index is 13.6. The molecule has 7 heteroatoms. The summed E-state index contributed by atoms with van der Waals surface area (Å²) in [6, 6.07) is 18.7. The van der Waals surface area contributed by atoms with Crippen LogP contribution < -0.4 is 4.90 Å². The molecule has 1 unspecified atom stereocenters. The largest absolute Gasteiger partial charge is 0.464 e. The summed E-state index contributed by atoms with van der Waals surface area (Å²) >= 11 is 1.77. The molecule has 1 aliphatic heterocycles. The molecule has 0 aliphatic carbocycles. The molecule has 1 aromatic heterocycles. The van der Waals surface area contributed by atoms with Crippen LogP contribution in [0.3, 0.4) is 0 Å². The number of aromatic nitrogens is 2. The standard InChI is InChI=1S/C22H21N3O3S/c1-15-12-13-24(18-10-6-7-11-20(18)29-15)21(26)19-14-17(22(27)28-2)23-25(19)16-8-4-3-5-9-16/h3-11,14-15H,12-13H2,1-2H3. The van der Waals surface area contributed by atoms with E-state index in [0.29, 0.717) is 23.2 Å². The van der Waals surface area contributed by atoms with Gasteiger partial charge in [-0.05, 0) is 30.7 Å². The molecule has 2 aromatic carbocycles. The third-order valence-electron chi connectivity index (χ3n) is 4.81. The Hall–Kier alpha value is -3.06. The highest BCUT2D eigenvalue weighted by atomic mass is 32.2. The first-order chi connectivity index (χ1) is 14.1. The number of hydrogen-bond donors (Lipinski definition) is 0. The van der Waals surface area contributed by atoms with Crippen molar-refractivity contribution in [2.75, 3.05) is 18.6 Å². The molecule has 4 rings (SSSR count). The molecule has 0 saturated heterocycles. The Morgan fingerprint density at radius 3 is 2.59 bits per heavy atom. The molecule has 1 aliphatic rings. The molecule has 3 aromatic rings. The van der Waals surface area contributed by atoms with E-state index in [9.17, 15) is 9.59 Å². The predicted octanol–water partition coefficient (Wildman–Crippen LogP) is 4.19. The van der Waals surface area contributed by atoms with E-state index in [1.807, 2.05) is 54.6 Å². The lowest BCUT2D eigenvalue weighted by atomic mass is 10.2. The van der Waals surface area contributed by atoms with Gasteiger partial charge in [0.15, 0.2) is 5.69 Å². The number of benzene rings is 2. The number of esters is 1. The van der Waals surface area contributed by atoms with Crippen LogP contribution in [0.25, 0.3) is 5.69 Å². The second kappa shape index (κ2) is 8.13. The number of ether oxygens (including phenoxy) is 1. The average molecular weight is 407 g/mol. The first-order valence-electron chi connectivity index (χ1n) is 9.40. The normalized spacial score (nSPS) is 16.1. The van der Waals surface area contributed by atoms with Gasteiger partial charge in [0, 0.05) is 22.8 Å². The van der Waals surface area contributed by atoms with Crippen molar-refractivity contribution in [3.63, 3.8) is 0 Å². The number of anilines is 1. The second-order valence-electron chi connectivity index (χ2n) is 6.80. The van der Waals surface area contributed by atoms with Gasteiger partial charge in [0.2, 0.25) is 0 Å². The van der Waals surface area contributed by atoms with E-state index in [1.54, 1.807) is 16.7 Å². The van der Waals surface area contributed by atoms with Crippen molar-refractivity contribution in [1.82, 2.24) is 9.78 Å². The lowest BCUT2D eigenvalue weighted by molar-refractivity contribution is 0.0593. The van der Waals surface area contributed by atoms with Crippen LogP contribution >= 0.6 is 11.8 Å².